The first kappa shape index (κ1) is 19.3. The first-order chi connectivity index (χ1) is 13.4. The van der Waals surface area contributed by atoms with E-state index in [1.165, 1.54) is 18.2 Å². The van der Waals surface area contributed by atoms with Gasteiger partial charge in [0, 0.05) is 11.4 Å². The van der Waals surface area contributed by atoms with E-state index in [4.69, 9.17) is 4.74 Å². The van der Waals surface area contributed by atoms with Crippen LogP contribution in [0.4, 0.5) is 24.5 Å². The number of amides is 1. The van der Waals surface area contributed by atoms with Crippen LogP contribution in [0.15, 0.2) is 78.9 Å². The molecule has 0 unspecified atom stereocenters. The van der Waals surface area contributed by atoms with E-state index in [0.717, 1.165) is 6.07 Å². The topological polar surface area (TPSA) is 50.4 Å². The van der Waals surface area contributed by atoms with Gasteiger partial charge in [-0.15, -0.1) is 0 Å². The highest BCUT2D eigenvalue weighted by molar-refractivity contribution is 5.93. The van der Waals surface area contributed by atoms with Gasteiger partial charge in [0.2, 0.25) is 5.91 Å². The number of halogens is 3. The summed E-state index contributed by atoms with van der Waals surface area (Å²) in [4.78, 5) is 12.0. The fourth-order valence-corrected chi connectivity index (χ4v) is 2.50. The predicted octanol–water partition coefficient (Wildman–Crippen LogP) is 5.55. The minimum atomic E-state index is -4.49. The van der Waals surface area contributed by atoms with E-state index in [-0.39, 0.29) is 12.2 Å². The van der Waals surface area contributed by atoms with Crippen molar-refractivity contribution in [3.63, 3.8) is 0 Å². The molecule has 4 nitrogen and oxygen atoms in total. The van der Waals surface area contributed by atoms with Crippen LogP contribution in [0.1, 0.15) is 5.56 Å². The fourth-order valence-electron chi connectivity index (χ4n) is 2.50. The molecule has 0 spiro atoms. The number of anilines is 2. The number of ether oxygens (including phenoxy) is 1. The van der Waals surface area contributed by atoms with E-state index in [0.29, 0.717) is 17.2 Å². The number of carbonyl (C=O) groups is 1. The van der Waals surface area contributed by atoms with E-state index in [2.05, 4.69) is 10.6 Å². The number of para-hydroxylation sites is 2. The van der Waals surface area contributed by atoms with Crippen LogP contribution in [-0.4, -0.2) is 12.5 Å². The van der Waals surface area contributed by atoms with Gasteiger partial charge in [-0.2, -0.15) is 13.2 Å². The maximum absolute atomic E-state index is 13.0. The lowest BCUT2D eigenvalue weighted by Crippen LogP contribution is -2.23. The average Bonchev–Trinajstić information content (AvgIpc) is 2.68. The molecule has 3 rings (SSSR count). The minimum Gasteiger partial charge on any atom is -0.457 e. The second kappa shape index (κ2) is 8.47. The van der Waals surface area contributed by atoms with Gasteiger partial charge in [0.05, 0.1) is 12.1 Å². The summed E-state index contributed by atoms with van der Waals surface area (Å²) in [5.41, 5.74) is -0.446. The Morgan fingerprint density at radius 1 is 0.821 bits per heavy atom. The number of hydrogen-bond acceptors (Lipinski definition) is 3. The van der Waals surface area contributed by atoms with Crippen molar-refractivity contribution < 1.29 is 22.7 Å². The van der Waals surface area contributed by atoms with Crippen LogP contribution in [0, 0.1) is 0 Å². The maximum atomic E-state index is 13.0. The van der Waals surface area contributed by atoms with Crippen molar-refractivity contribution in [3.05, 3.63) is 84.4 Å². The van der Waals surface area contributed by atoms with Crippen LogP contribution >= 0.6 is 0 Å². The van der Waals surface area contributed by atoms with Gasteiger partial charge >= 0.3 is 6.18 Å². The zero-order valence-electron chi connectivity index (χ0n) is 14.7. The Balaban J connectivity index is 1.56. The number of rotatable bonds is 6. The lowest BCUT2D eigenvalue weighted by molar-refractivity contribution is -0.137. The molecule has 0 aromatic heterocycles. The van der Waals surface area contributed by atoms with Gasteiger partial charge < -0.3 is 15.4 Å². The molecule has 1 amide bonds. The van der Waals surface area contributed by atoms with Crippen molar-refractivity contribution in [2.45, 2.75) is 6.18 Å². The first-order valence-electron chi connectivity index (χ1n) is 8.45. The van der Waals surface area contributed by atoms with E-state index in [1.54, 1.807) is 24.3 Å². The van der Waals surface area contributed by atoms with Crippen LogP contribution in [0.5, 0.6) is 11.5 Å². The smallest absolute Gasteiger partial charge is 0.418 e. The highest BCUT2D eigenvalue weighted by atomic mass is 19.4. The fraction of sp³-hybridized carbons (Fsp3) is 0.0952. The highest BCUT2D eigenvalue weighted by Gasteiger charge is 2.33. The molecule has 0 fully saturated rings. The molecule has 144 valence electrons. The first-order valence-corrected chi connectivity index (χ1v) is 8.45. The van der Waals surface area contributed by atoms with Crippen LogP contribution in [-0.2, 0) is 11.0 Å². The molecule has 0 saturated carbocycles. The Bertz CT molecular complexity index is 926. The minimum absolute atomic E-state index is 0.142. The third-order valence-electron chi connectivity index (χ3n) is 3.79. The predicted molar refractivity (Wildman–Crippen MR) is 102 cm³/mol. The van der Waals surface area contributed by atoms with Crippen molar-refractivity contribution in [2.75, 3.05) is 17.2 Å². The van der Waals surface area contributed by atoms with E-state index in [9.17, 15) is 18.0 Å². The zero-order valence-corrected chi connectivity index (χ0v) is 14.7. The molecule has 28 heavy (non-hydrogen) atoms. The molecule has 0 atom stereocenters. The molecule has 0 saturated heterocycles. The Morgan fingerprint density at radius 3 is 2.11 bits per heavy atom. The van der Waals surface area contributed by atoms with Crippen molar-refractivity contribution in [1.82, 2.24) is 0 Å². The van der Waals surface area contributed by atoms with Crippen molar-refractivity contribution >= 4 is 17.3 Å². The molecule has 0 aliphatic rings. The van der Waals surface area contributed by atoms with Gasteiger partial charge in [0.1, 0.15) is 11.5 Å². The number of alkyl halides is 3. The van der Waals surface area contributed by atoms with Gasteiger partial charge in [-0.3, -0.25) is 4.79 Å². The molecular weight excluding hydrogens is 369 g/mol. The molecule has 7 heteroatoms. The second-order valence-corrected chi connectivity index (χ2v) is 5.88. The Kier molecular flexibility index (Phi) is 5.84. The van der Waals surface area contributed by atoms with Crippen LogP contribution < -0.4 is 15.4 Å². The molecule has 0 heterocycles. The standard InChI is InChI=1S/C21H17F3N2O2/c22-21(23,24)18-8-4-5-9-19(18)25-14-20(27)26-15-10-12-17(13-11-15)28-16-6-2-1-3-7-16/h1-13,25H,14H2,(H,26,27). The summed E-state index contributed by atoms with van der Waals surface area (Å²) >= 11 is 0. The highest BCUT2D eigenvalue weighted by Crippen LogP contribution is 2.34. The Hall–Kier alpha value is -3.48. The number of carbonyl (C=O) groups excluding carboxylic acids is 1. The Morgan fingerprint density at radius 2 is 1.43 bits per heavy atom. The van der Waals surface area contributed by atoms with Gasteiger partial charge in [-0.25, -0.2) is 0 Å². The lowest BCUT2D eigenvalue weighted by atomic mass is 10.1. The molecule has 0 aliphatic carbocycles. The third-order valence-corrected chi connectivity index (χ3v) is 3.79. The van der Waals surface area contributed by atoms with Crippen LogP contribution in [0.3, 0.4) is 0 Å². The van der Waals surface area contributed by atoms with E-state index in [1.807, 2.05) is 30.3 Å². The average molecular weight is 386 g/mol. The van der Waals surface area contributed by atoms with Crippen LogP contribution in [0.25, 0.3) is 0 Å². The molecule has 0 bridgehead atoms. The molecule has 3 aromatic rings. The zero-order chi connectivity index (χ0) is 20.0. The Labute approximate surface area is 160 Å². The van der Waals surface area contributed by atoms with Gasteiger partial charge in [-0.1, -0.05) is 30.3 Å². The maximum Gasteiger partial charge on any atom is 0.418 e. The quantitative estimate of drug-likeness (QED) is 0.584. The van der Waals surface area contributed by atoms with E-state index >= 15 is 0 Å². The summed E-state index contributed by atoms with van der Waals surface area (Å²) in [5.74, 6) is 0.821. The molecular formula is C21H17F3N2O2. The monoisotopic (exact) mass is 386 g/mol. The summed E-state index contributed by atoms with van der Waals surface area (Å²) < 4.78 is 44.5. The lowest BCUT2D eigenvalue weighted by Gasteiger charge is -2.14. The second-order valence-electron chi connectivity index (χ2n) is 5.88. The normalized spacial score (nSPS) is 11.0. The molecule has 0 aliphatic heterocycles. The number of nitrogens with one attached hydrogen (secondary N) is 2. The number of hydrogen-bond donors (Lipinski definition) is 2. The molecule has 3 aromatic carbocycles. The van der Waals surface area contributed by atoms with Crippen molar-refractivity contribution in [2.24, 2.45) is 0 Å². The summed E-state index contributed by atoms with van der Waals surface area (Å²) in [7, 11) is 0. The van der Waals surface area contributed by atoms with E-state index < -0.39 is 17.6 Å². The van der Waals surface area contributed by atoms with Crippen LogP contribution in [0.2, 0.25) is 0 Å². The summed E-state index contributed by atoms with van der Waals surface area (Å²) in [6.07, 6.45) is -4.49. The van der Waals surface area contributed by atoms with Crippen molar-refractivity contribution in [3.8, 4) is 11.5 Å². The summed E-state index contributed by atoms with van der Waals surface area (Å²) in [5, 5.41) is 5.15. The summed E-state index contributed by atoms with van der Waals surface area (Å²) in [6.45, 7) is -0.296. The molecule has 2 N–H and O–H groups in total. The van der Waals surface area contributed by atoms with Gasteiger partial charge in [0.25, 0.3) is 0 Å². The van der Waals surface area contributed by atoms with Crippen molar-refractivity contribution in [1.29, 1.82) is 0 Å². The van der Waals surface area contributed by atoms with Gasteiger partial charge in [0.15, 0.2) is 0 Å². The van der Waals surface area contributed by atoms with Gasteiger partial charge in [-0.05, 0) is 48.5 Å². The summed E-state index contributed by atoms with van der Waals surface area (Å²) in [6, 6.07) is 20.9. The molecule has 0 radical (unpaired) electrons. The SMILES string of the molecule is O=C(CNc1ccccc1C(F)(F)F)Nc1ccc(Oc2ccccc2)cc1. The third kappa shape index (κ3) is 5.26. The largest absolute Gasteiger partial charge is 0.457 e. The number of benzene rings is 3.